The quantitative estimate of drug-likeness (QED) is 0.187. The van der Waals surface area contributed by atoms with Crippen molar-refractivity contribution in [3.05, 3.63) is 81.6 Å². The van der Waals surface area contributed by atoms with E-state index in [-0.39, 0.29) is 33.3 Å². The summed E-state index contributed by atoms with van der Waals surface area (Å²) in [4.78, 5) is 44.4. The van der Waals surface area contributed by atoms with Crippen LogP contribution in [0.1, 0.15) is 52.8 Å². The van der Waals surface area contributed by atoms with Crippen LogP contribution >= 0.6 is 11.3 Å². The van der Waals surface area contributed by atoms with Gasteiger partial charge in [0.15, 0.2) is 5.13 Å². The van der Waals surface area contributed by atoms with E-state index in [0.29, 0.717) is 18.1 Å². The molecule has 1 atom stereocenters. The molecule has 2 heterocycles. The summed E-state index contributed by atoms with van der Waals surface area (Å²) in [5, 5.41) is 11.2. The lowest BCUT2D eigenvalue weighted by Crippen LogP contribution is -2.29. The summed E-state index contributed by atoms with van der Waals surface area (Å²) in [6, 6.07) is 10.7. The predicted molar refractivity (Wildman–Crippen MR) is 136 cm³/mol. The highest BCUT2D eigenvalue weighted by Gasteiger charge is 2.49. The van der Waals surface area contributed by atoms with Gasteiger partial charge in [0.05, 0.1) is 24.5 Å². The van der Waals surface area contributed by atoms with Crippen molar-refractivity contribution in [1.29, 1.82) is 0 Å². The number of aliphatic hydroxyl groups excluding tert-OH is 1. The molecule has 1 saturated heterocycles. The summed E-state index contributed by atoms with van der Waals surface area (Å²) < 4.78 is 25.7. The number of hydrogen-bond acceptors (Lipinski definition) is 8. The zero-order chi connectivity index (χ0) is 26.7. The third-order valence-electron chi connectivity index (χ3n) is 5.70. The van der Waals surface area contributed by atoms with Crippen molar-refractivity contribution in [3.8, 4) is 5.75 Å². The number of aryl methyl sites for hydroxylation is 1. The normalized spacial score (nSPS) is 16.8. The van der Waals surface area contributed by atoms with Crippen LogP contribution in [0.25, 0.3) is 5.76 Å². The van der Waals surface area contributed by atoms with Crippen LogP contribution in [-0.2, 0) is 14.3 Å². The lowest BCUT2D eigenvalue weighted by Gasteiger charge is -2.23. The van der Waals surface area contributed by atoms with Crippen molar-refractivity contribution in [2.24, 2.45) is 0 Å². The van der Waals surface area contributed by atoms with Gasteiger partial charge < -0.3 is 14.6 Å². The Bertz CT molecular complexity index is 1380. The number of Topliss-reactive ketones (excluding diaryl/α,β-unsaturated/α-hetero) is 1. The first-order chi connectivity index (χ1) is 17.8. The highest BCUT2D eigenvalue weighted by Crippen LogP contribution is 2.44. The van der Waals surface area contributed by atoms with E-state index in [1.54, 1.807) is 44.2 Å². The molecule has 0 bridgehead atoms. The third-order valence-corrected chi connectivity index (χ3v) is 6.83. The molecule has 10 heteroatoms. The number of hydrogen-bond donors (Lipinski definition) is 1. The molecule has 1 aliphatic heterocycles. The Morgan fingerprint density at radius 2 is 1.84 bits per heavy atom. The number of benzene rings is 2. The molecule has 37 heavy (non-hydrogen) atoms. The number of rotatable bonds is 8. The van der Waals surface area contributed by atoms with Crippen LogP contribution in [0.15, 0.2) is 54.1 Å². The second kappa shape index (κ2) is 10.9. The minimum absolute atomic E-state index is 0.00307. The molecule has 192 valence electrons. The maximum absolute atomic E-state index is 15.0. The lowest BCUT2D eigenvalue weighted by molar-refractivity contribution is -0.132. The van der Waals surface area contributed by atoms with Crippen molar-refractivity contribution < 1.29 is 33.4 Å². The van der Waals surface area contributed by atoms with Gasteiger partial charge in [-0.25, -0.2) is 14.2 Å². The van der Waals surface area contributed by atoms with E-state index >= 15 is 4.39 Å². The fourth-order valence-electron chi connectivity index (χ4n) is 3.98. The summed E-state index contributed by atoms with van der Waals surface area (Å²) in [6.07, 6.45) is 0.821. The predicted octanol–water partition coefficient (Wildman–Crippen LogP) is 5.18. The van der Waals surface area contributed by atoms with Crippen LogP contribution in [-0.4, -0.2) is 41.0 Å². The van der Waals surface area contributed by atoms with Crippen molar-refractivity contribution in [1.82, 2.24) is 4.98 Å². The number of aliphatic hydroxyl groups is 1. The second-order valence-electron chi connectivity index (χ2n) is 8.19. The molecule has 0 radical (unpaired) electrons. The lowest BCUT2D eigenvalue weighted by atomic mass is 9.95. The number of halogens is 1. The second-order valence-corrected chi connectivity index (χ2v) is 9.17. The van der Waals surface area contributed by atoms with Crippen LogP contribution < -0.4 is 9.64 Å². The number of anilines is 1. The number of carbonyl (C=O) groups is 3. The number of esters is 1. The molecule has 4 rings (SSSR count). The van der Waals surface area contributed by atoms with Crippen molar-refractivity contribution in [2.75, 3.05) is 18.1 Å². The van der Waals surface area contributed by atoms with Crippen molar-refractivity contribution in [3.63, 3.8) is 0 Å². The van der Waals surface area contributed by atoms with Crippen LogP contribution in [0.3, 0.4) is 0 Å². The van der Waals surface area contributed by atoms with E-state index in [2.05, 4.69) is 4.98 Å². The van der Waals surface area contributed by atoms with Gasteiger partial charge in [-0.3, -0.25) is 14.5 Å². The van der Waals surface area contributed by atoms with E-state index in [1.807, 2.05) is 6.92 Å². The van der Waals surface area contributed by atoms with E-state index in [1.165, 1.54) is 18.2 Å². The van der Waals surface area contributed by atoms with Gasteiger partial charge in [-0.1, -0.05) is 36.5 Å². The van der Waals surface area contributed by atoms with Gasteiger partial charge >= 0.3 is 11.9 Å². The molecule has 1 fully saturated rings. The number of ether oxygens (including phenoxy) is 2. The highest BCUT2D eigenvalue weighted by molar-refractivity contribution is 7.17. The monoisotopic (exact) mass is 524 g/mol. The van der Waals surface area contributed by atoms with Crippen LogP contribution in [0.2, 0.25) is 0 Å². The summed E-state index contributed by atoms with van der Waals surface area (Å²) >= 11 is 0.858. The largest absolute Gasteiger partial charge is 0.507 e. The molecule has 0 unspecified atom stereocenters. The maximum Gasteiger partial charge on any atom is 0.350 e. The molecular formula is C27H25FN2O6S. The SMILES string of the molecule is CCCOc1ccc(/C(O)=C2\C(=O)C(=O)N(c3nc(C)c(C(=O)OCC)s3)[C@@H]2c2ccccc2F)cc1. The van der Waals surface area contributed by atoms with Crippen LogP contribution in [0, 0.1) is 12.7 Å². The molecule has 0 spiro atoms. The van der Waals surface area contributed by atoms with E-state index in [9.17, 15) is 19.5 Å². The Morgan fingerprint density at radius 3 is 2.49 bits per heavy atom. The van der Waals surface area contributed by atoms with Crippen molar-refractivity contribution >= 4 is 39.9 Å². The smallest absolute Gasteiger partial charge is 0.350 e. The molecular weight excluding hydrogens is 499 g/mol. The van der Waals surface area contributed by atoms with Crippen molar-refractivity contribution in [2.45, 2.75) is 33.2 Å². The van der Waals surface area contributed by atoms with Crippen LogP contribution in [0.5, 0.6) is 5.75 Å². The van der Waals surface area contributed by atoms with Gasteiger partial charge in [0.1, 0.15) is 28.2 Å². The minimum Gasteiger partial charge on any atom is -0.507 e. The summed E-state index contributed by atoms with van der Waals surface area (Å²) in [6.45, 7) is 5.87. The summed E-state index contributed by atoms with van der Waals surface area (Å²) in [5.74, 6) is -3.17. The van der Waals surface area contributed by atoms with Gasteiger partial charge in [-0.2, -0.15) is 0 Å². The molecule has 1 N–H and O–H groups in total. The molecule has 3 aromatic rings. The average Bonchev–Trinajstić information content (AvgIpc) is 3.39. The van der Waals surface area contributed by atoms with Gasteiger partial charge in [0, 0.05) is 11.1 Å². The molecule has 1 aromatic heterocycles. The first kappa shape index (κ1) is 26.0. The highest BCUT2D eigenvalue weighted by atomic mass is 32.1. The third kappa shape index (κ3) is 4.97. The Morgan fingerprint density at radius 1 is 1.14 bits per heavy atom. The number of carbonyl (C=O) groups excluding carboxylic acids is 3. The first-order valence-corrected chi connectivity index (χ1v) is 12.5. The molecule has 2 aromatic carbocycles. The van der Waals surface area contributed by atoms with Crippen LogP contribution in [0.4, 0.5) is 9.52 Å². The molecule has 8 nitrogen and oxygen atoms in total. The molecule has 0 aliphatic carbocycles. The Kier molecular flexibility index (Phi) is 7.68. The zero-order valence-corrected chi connectivity index (χ0v) is 21.3. The molecule has 1 amide bonds. The zero-order valence-electron chi connectivity index (χ0n) is 20.5. The number of nitrogens with zero attached hydrogens (tertiary/aromatic N) is 2. The fraction of sp³-hybridized carbons (Fsp3) is 0.259. The Hall–Kier alpha value is -4.05. The fourth-order valence-corrected chi connectivity index (χ4v) is 4.96. The van der Waals surface area contributed by atoms with Gasteiger partial charge in [-0.05, 0) is 50.6 Å². The molecule has 1 aliphatic rings. The van der Waals surface area contributed by atoms with Gasteiger partial charge in [0.2, 0.25) is 0 Å². The molecule has 0 saturated carbocycles. The van der Waals surface area contributed by atoms with Gasteiger partial charge in [0.25, 0.3) is 5.78 Å². The topological polar surface area (TPSA) is 106 Å². The Balaban J connectivity index is 1.86. The van der Waals surface area contributed by atoms with E-state index in [0.717, 1.165) is 22.7 Å². The Labute approximate surface area is 217 Å². The number of aromatic nitrogens is 1. The maximum atomic E-state index is 15.0. The van der Waals surface area contributed by atoms with E-state index in [4.69, 9.17) is 9.47 Å². The summed E-state index contributed by atoms with van der Waals surface area (Å²) in [7, 11) is 0. The average molecular weight is 525 g/mol. The van der Waals surface area contributed by atoms with E-state index < -0.39 is 35.3 Å². The number of thiazole rings is 1. The standard InChI is InChI=1S/C27H25FN2O6S/c1-4-14-36-17-12-10-16(11-13-17)22(31)20-21(18-8-6-7-9-19(18)28)30(25(33)23(20)32)27-29-15(3)24(37-27)26(34)35-5-2/h6-13,21,31H,4-5,14H2,1-3H3/b22-20+/t21-/m1/s1. The number of ketones is 1. The van der Waals surface area contributed by atoms with Gasteiger partial charge in [-0.15, -0.1) is 0 Å². The first-order valence-electron chi connectivity index (χ1n) is 11.7. The number of amides is 1. The minimum atomic E-state index is -1.31. The summed E-state index contributed by atoms with van der Waals surface area (Å²) in [5.41, 5.74) is 0.264.